The number of benzene rings is 2. The molecule has 7 nitrogen and oxygen atoms in total. The summed E-state index contributed by atoms with van der Waals surface area (Å²) >= 11 is 0. The average Bonchev–Trinajstić information content (AvgIpc) is 2.78. The lowest BCUT2D eigenvalue weighted by atomic mass is 9.75. The molecule has 0 unspecified atom stereocenters. The highest BCUT2D eigenvalue weighted by Crippen LogP contribution is 2.42. The van der Waals surface area contributed by atoms with Gasteiger partial charge in [0.2, 0.25) is 0 Å². The fraction of sp³-hybridized carbons (Fsp3) is 0.435. The summed E-state index contributed by atoms with van der Waals surface area (Å²) in [6.45, 7) is 4.12. The zero-order valence-corrected chi connectivity index (χ0v) is 18.3. The lowest BCUT2D eigenvalue weighted by Gasteiger charge is -2.41. The predicted molar refractivity (Wildman–Crippen MR) is 115 cm³/mol. The zero-order valence-electron chi connectivity index (χ0n) is 18.3. The summed E-state index contributed by atoms with van der Waals surface area (Å²) in [6.07, 6.45) is 0. The second kappa shape index (κ2) is 9.26. The minimum atomic E-state index is -0.0787. The first kappa shape index (κ1) is 21.8. The van der Waals surface area contributed by atoms with Gasteiger partial charge in [-0.3, -0.25) is 0 Å². The van der Waals surface area contributed by atoms with Crippen molar-refractivity contribution in [2.24, 2.45) is 17.0 Å². The average molecular weight is 415 g/mol. The Labute approximate surface area is 177 Å². The number of nitrogens with zero attached hydrogens (tertiary/aromatic N) is 1. The first-order valence-corrected chi connectivity index (χ1v) is 9.90. The third kappa shape index (κ3) is 3.89. The lowest BCUT2D eigenvalue weighted by molar-refractivity contribution is 0.270. The highest BCUT2D eigenvalue weighted by molar-refractivity contribution is 5.90. The van der Waals surface area contributed by atoms with Crippen LogP contribution >= 0.6 is 0 Å². The molecule has 2 aromatic carbocycles. The molecule has 0 saturated carbocycles. The van der Waals surface area contributed by atoms with Gasteiger partial charge in [-0.15, -0.1) is 0 Å². The van der Waals surface area contributed by atoms with E-state index in [1.165, 1.54) is 0 Å². The van der Waals surface area contributed by atoms with Crippen LogP contribution in [-0.2, 0) is 0 Å². The Balaban J connectivity index is 2.03. The maximum Gasteiger partial charge on any atom is 0.161 e. The van der Waals surface area contributed by atoms with E-state index < -0.39 is 0 Å². The molecule has 0 radical (unpaired) electrons. The standard InChI is InChI=1S/C23H30N2O5/c1-13-21(25-26)14(2)23(16-8-10-18(28-4)20(12-16)30-6)24-22(13)15-7-9-17(27-3)19(11-15)29-5/h7-14,22-24,26H,1-6H3/t13-,14+,22-,23+. The van der Waals surface area contributed by atoms with Crippen LogP contribution in [0.3, 0.4) is 0 Å². The molecule has 2 N–H and O–H groups in total. The molecular formula is C23H30N2O5. The second-order valence-electron chi connectivity index (χ2n) is 7.45. The molecule has 0 spiro atoms. The van der Waals surface area contributed by atoms with E-state index in [1.54, 1.807) is 28.4 Å². The molecule has 0 bridgehead atoms. The number of hydrogen-bond donors (Lipinski definition) is 2. The zero-order chi connectivity index (χ0) is 21.8. The number of ether oxygens (including phenoxy) is 4. The minimum Gasteiger partial charge on any atom is -0.493 e. The maximum atomic E-state index is 9.80. The van der Waals surface area contributed by atoms with Crippen molar-refractivity contribution >= 4 is 5.71 Å². The van der Waals surface area contributed by atoms with E-state index in [4.69, 9.17) is 18.9 Å². The van der Waals surface area contributed by atoms with E-state index in [-0.39, 0.29) is 23.9 Å². The summed E-state index contributed by atoms with van der Waals surface area (Å²) in [5, 5.41) is 17.2. The number of piperidine rings is 1. The normalized spacial score (nSPS) is 25.1. The van der Waals surface area contributed by atoms with E-state index in [1.807, 2.05) is 36.4 Å². The Morgan fingerprint density at radius 3 is 1.43 bits per heavy atom. The first-order chi connectivity index (χ1) is 14.5. The topological polar surface area (TPSA) is 81.5 Å². The van der Waals surface area contributed by atoms with Crippen molar-refractivity contribution in [3.8, 4) is 23.0 Å². The van der Waals surface area contributed by atoms with Crippen molar-refractivity contribution in [2.75, 3.05) is 28.4 Å². The first-order valence-electron chi connectivity index (χ1n) is 9.90. The number of rotatable bonds is 6. The Morgan fingerprint density at radius 1 is 0.700 bits per heavy atom. The Bertz CT molecular complexity index is 845. The van der Waals surface area contributed by atoms with Crippen LogP contribution in [0.15, 0.2) is 41.6 Å². The van der Waals surface area contributed by atoms with Gasteiger partial charge in [-0.25, -0.2) is 0 Å². The third-order valence-corrected chi connectivity index (χ3v) is 5.94. The van der Waals surface area contributed by atoms with Crippen molar-refractivity contribution in [2.45, 2.75) is 25.9 Å². The van der Waals surface area contributed by atoms with Gasteiger partial charge in [0.05, 0.1) is 34.2 Å². The van der Waals surface area contributed by atoms with Gasteiger partial charge in [0.1, 0.15) is 0 Å². The predicted octanol–water partition coefficient (Wildman–Crippen LogP) is 4.21. The van der Waals surface area contributed by atoms with Gasteiger partial charge in [-0.1, -0.05) is 31.1 Å². The molecule has 1 heterocycles. The largest absolute Gasteiger partial charge is 0.493 e. The molecule has 2 aromatic rings. The highest BCUT2D eigenvalue weighted by Gasteiger charge is 2.39. The van der Waals surface area contributed by atoms with Crippen LogP contribution in [0.1, 0.15) is 37.1 Å². The molecular weight excluding hydrogens is 384 g/mol. The summed E-state index contributed by atoms with van der Waals surface area (Å²) < 4.78 is 21.7. The van der Waals surface area contributed by atoms with Crippen molar-refractivity contribution < 1.29 is 24.2 Å². The van der Waals surface area contributed by atoms with Crippen molar-refractivity contribution in [3.63, 3.8) is 0 Å². The monoisotopic (exact) mass is 414 g/mol. The van der Waals surface area contributed by atoms with Gasteiger partial charge >= 0.3 is 0 Å². The van der Waals surface area contributed by atoms with Crippen LogP contribution in [0.5, 0.6) is 23.0 Å². The summed E-state index contributed by atoms with van der Waals surface area (Å²) in [5.74, 6) is 2.63. The van der Waals surface area contributed by atoms with Gasteiger partial charge in [0, 0.05) is 23.9 Å². The molecule has 0 aliphatic carbocycles. The van der Waals surface area contributed by atoms with Crippen LogP contribution in [0.25, 0.3) is 0 Å². The fourth-order valence-corrected chi connectivity index (χ4v) is 4.28. The summed E-state index contributed by atoms with van der Waals surface area (Å²) in [6, 6.07) is 11.6. The quantitative estimate of drug-likeness (QED) is 0.544. The van der Waals surface area contributed by atoms with Gasteiger partial charge in [-0.05, 0) is 35.4 Å². The Morgan fingerprint density at radius 2 is 1.10 bits per heavy atom. The summed E-state index contributed by atoms with van der Waals surface area (Å²) in [7, 11) is 6.47. The molecule has 1 aliphatic heterocycles. The molecule has 7 heteroatoms. The van der Waals surface area contributed by atoms with Gasteiger partial charge < -0.3 is 29.5 Å². The highest BCUT2D eigenvalue weighted by atomic mass is 16.5. The van der Waals surface area contributed by atoms with Gasteiger partial charge in [-0.2, -0.15) is 0 Å². The van der Waals surface area contributed by atoms with E-state index >= 15 is 0 Å². The van der Waals surface area contributed by atoms with Crippen LogP contribution in [-0.4, -0.2) is 39.4 Å². The van der Waals surface area contributed by atoms with Gasteiger partial charge in [0.25, 0.3) is 0 Å². The SMILES string of the molecule is COc1ccc([C@H]2N[C@@H](c3ccc(OC)c(OC)c3)[C@H](C)C(=NO)[C@@H]2C)cc1OC. The molecule has 30 heavy (non-hydrogen) atoms. The molecule has 0 amide bonds. The fourth-order valence-electron chi connectivity index (χ4n) is 4.28. The molecule has 1 saturated heterocycles. The third-order valence-electron chi connectivity index (χ3n) is 5.94. The molecule has 162 valence electrons. The van der Waals surface area contributed by atoms with Crippen LogP contribution in [0.4, 0.5) is 0 Å². The van der Waals surface area contributed by atoms with E-state index in [2.05, 4.69) is 24.3 Å². The lowest BCUT2D eigenvalue weighted by Crippen LogP contribution is -2.46. The number of oxime groups is 1. The van der Waals surface area contributed by atoms with Crippen molar-refractivity contribution in [1.29, 1.82) is 0 Å². The number of methoxy groups -OCH3 is 4. The summed E-state index contributed by atoms with van der Waals surface area (Å²) in [4.78, 5) is 0. The van der Waals surface area contributed by atoms with Gasteiger partial charge in [0.15, 0.2) is 23.0 Å². The number of nitrogens with one attached hydrogen (secondary N) is 1. The number of hydrogen-bond acceptors (Lipinski definition) is 7. The van der Waals surface area contributed by atoms with Crippen molar-refractivity contribution in [1.82, 2.24) is 5.32 Å². The minimum absolute atomic E-state index is 0.0144. The molecule has 4 atom stereocenters. The van der Waals surface area contributed by atoms with Crippen LogP contribution in [0.2, 0.25) is 0 Å². The van der Waals surface area contributed by atoms with E-state index in [9.17, 15) is 5.21 Å². The molecule has 1 fully saturated rings. The molecule has 3 rings (SSSR count). The Kier molecular flexibility index (Phi) is 6.72. The summed E-state index contributed by atoms with van der Waals surface area (Å²) in [5.41, 5.74) is 2.80. The molecule has 0 aromatic heterocycles. The van der Waals surface area contributed by atoms with E-state index in [0.717, 1.165) is 16.8 Å². The second-order valence-corrected chi connectivity index (χ2v) is 7.45. The van der Waals surface area contributed by atoms with Crippen LogP contribution < -0.4 is 24.3 Å². The molecule has 1 aliphatic rings. The van der Waals surface area contributed by atoms with Crippen LogP contribution in [0, 0.1) is 11.8 Å². The smallest absolute Gasteiger partial charge is 0.161 e. The Hall–Kier alpha value is -2.93. The van der Waals surface area contributed by atoms with E-state index in [0.29, 0.717) is 23.0 Å². The van der Waals surface area contributed by atoms with Crippen molar-refractivity contribution in [3.05, 3.63) is 47.5 Å². The maximum absolute atomic E-state index is 9.80.